The number of hydrogen-bond acceptors (Lipinski definition) is 4. The Morgan fingerprint density at radius 3 is 2.80 bits per heavy atom. The van der Waals surface area contributed by atoms with Crippen molar-refractivity contribution in [3.05, 3.63) is 28.5 Å². The van der Waals surface area contributed by atoms with Crippen LogP contribution in [0.4, 0.5) is 4.39 Å². The molecule has 1 unspecified atom stereocenters. The van der Waals surface area contributed by atoms with E-state index in [1.54, 1.807) is 0 Å². The Morgan fingerprint density at radius 1 is 1.50 bits per heavy atom. The Labute approximate surface area is 123 Å². The smallest absolute Gasteiger partial charge is 0.323 e. The maximum atomic E-state index is 13.5. The van der Waals surface area contributed by atoms with E-state index >= 15 is 0 Å². The second kappa shape index (κ2) is 5.76. The molecule has 1 aromatic rings. The van der Waals surface area contributed by atoms with E-state index in [9.17, 15) is 17.6 Å². The van der Waals surface area contributed by atoms with E-state index < -0.39 is 27.9 Å². The minimum atomic E-state index is -4.04. The fraction of sp³-hybridized carbons (Fsp3) is 0.364. The van der Waals surface area contributed by atoms with Crippen molar-refractivity contribution in [1.82, 2.24) is 9.62 Å². The molecule has 0 radical (unpaired) electrons. The Morgan fingerprint density at radius 2 is 2.20 bits per heavy atom. The summed E-state index contributed by atoms with van der Waals surface area (Å²) >= 11 is 2.94. The van der Waals surface area contributed by atoms with Gasteiger partial charge >= 0.3 is 5.97 Å². The van der Waals surface area contributed by atoms with Crippen LogP contribution in [0.3, 0.4) is 0 Å². The molecular formula is C11H12BrFN2O4S. The minimum absolute atomic E-state index is 0.0214. The van der Waals surface area contributed by atoms with E-state index in [2.05, 4.69) is 21.2 Å². The molecule has 1 fully saturated rings. The first-order valence-electron chi connectivity index (χ1n) is 5.74. The summed E-state index contributed by atoms with van der Waals surface area (Å²) < 4.78 is 39.3. The average Bonchev–Trinajstić information content (AvgIpc) is 2.41. The third-order valence-corrected chi connectivity index (χ3v) is 5.52. The van der Waals surface area contributed by atoms with Crippen LogP contribution in [0.15, 0.2) is 27.6 Å². The highest BCUT2D eigenvalue weighted by molar-refractivity contribution is 9.10. The van der Waals surface area contributed by atoms with Crippen molar-refractivity contribution in [2.24, 2.45) is 0 Å². The van der Waals surface area contributed by atoms with Gasteiger partial charge in [-0.05, 0) is 34.1 Å². The van der Waals surface area contributed by atoms with Crippen molar-refractivity contribution >= 4 is 31.9 Å². The number of nitrogens with zero attached hydrogens (tertiary/aromatic N) is 1. The van der Waals surface area contributed by atoms with Gasteiger partial charge in [-0.25, -0.2) is 12.8 Å². The van der Waals surface area contributed by atoms with E-state index in [1.165, 1.54) is 12.1 Å². The summed E-state index contributed by atoms with van der Waals surface area (Å²) in [5.74, 6) is -1.95. The van der Waals surface area contributed by atoms with Gasteiger partial charge in [0.05, 0.1) is 9.37 Å². The van der Waals surface area contributed by atoms with E-state index in [0.717, 1.165) is 10.4 Å². The maximum absolute atomic E-state index is 13.5. The highest BCUT2D eigenvalue weighted by Gasteiger charge is 2.37. The van der Waals surface area contributed by atoms with Gasteiger partial charge in [0.15, 0.2) is 0 Å². The molecule has 0 amide bonds. The first-order valence-corrected chi connectivity index (χ1v) is 7.98. The third-order valence-electron chi connectivity index (χ3n) is 2.98. The van der Waals surface area contributed by atoms with Crippen molar-refractivity contribution in [2.45, 2.75) is 10.9 Å². The zero-order valence-corrected chi connectivity index (χ0v) is 12.6. The highest BCUT2D eigenvalue weighted by atomic mass is 79.9. The van der Waals surface area contributed by atoms with Crippen molar-refractivity contribution < 1.29 is 22.7 Å². The molecule has 9 heteroatoms. The average molecular weight is 367 g/mol. The van der Waals surface area contributed by atoms with Crippen LogP contribution in [0.1, 0.15) is 0 Å². The van der Waals surface area contributed by atoms with Crippen LogP contribution in [-0.4, -0.2) is 49.5 Å². The SMILES string of the molecule is O=C(O)C1CNCCN1S(=O)(=O)c1ccc(Br)c(F)c1. The fourth-order valence-corrected chi connectivity index (χ4v) is 3.80. The van der Waals surface area contributed by atoms with Crippen LogP contribution in [0.5, 0.6) is 0 Å². The number of sulfonamides is 1. The van der Waals surface area contributed by atoms with Crippen LogP contribution in [-0.2, 0) is 14.8 Å². The second-order valence-electron chi connectivity index (χ2n) is 4.25. The molecule has 1 atom stereocenters. The predicted octanol–water partition coefficient (Wildman–Crippen LogP) is 0.635. The molecule has 2 rings (SSSR count). The minimum Gasteiger partial charge on any atom is -0.480 e. The monoisotopic (exact) mass is 366 g/mol. The predicted molar refractivity (Wildman–Crippen MR) is 72.3 cm³/mol. The summed E-state index contributed by atoms with van der Waals surface area (Å²) in [4.78, 5) is 10.9. The van der Waals surface area contributed by atoms with Gasteiger partial charge in [0.2, 0.25) is 10.0 Å². The first kappa shape index (κ1) is 15.4. The van der Waals surface area contributed by atoms with E-state index in [1.807, 2.05) is 0 Å². The lowest BCUT2D eigenvalue weighted by molar-refractivity contribution is -0.141. The van der Waals surface area contributed by atoms with E-state index in [-0.39, 0.29) is 22.5 Å². The van der Waals surface area contributed by atoms with Gasteiger partial charge in [0, 0.05) is 19.6 Å². The van der Waals surface area contributed by atoms with Gasteiger partial charge < -0.3 is 10.4 Å². The molecule has 0 aliphatic carbocycles. The van der Waals surface area contributed by atoms with Gasteiger partial charge in [-0.1, -0.05) is 0 Å². The summed E-state index contributed by atoms with van der Waals surface area (Å²) in [7, 11) is -4.04. The molecule has 110 valence electrons. The van der Waals surface area contributed by atoms with Gasteiger partial charge in [0.1, 0.15) is 11.9 Å². The maximum Gasteiger partial charge on any atom is 0.323 e. The number of aliphatic carboxylic acids is 1. The zero-order chi connectivity index (χ0) is 14.9. The van der Waals surface area contributed by atoms with Crippen LogP contribution >= 0.6 is 15.9 Å². The molecule has 1 aliphatic rings. The van der Waals surface area contributed by atoms with E-state index in [0.29, 0.717) is 6.54 Å². The molecule has 1 heterocycles. The van der Waals surface area contributed by atoms with Crippen LogP contribution in [0, 0.1) is 5.82 Å². The molecule has 20 heavy (non-hydrogen) atoms. The van der Waals surface area contributed by atoms with Crippen molar-refractivity contribution in [3.8, 4) is 0 Å². The normalized spacial score (nSPS) is 20.8. The van der Waals surface area contributed by atoms with Gasteiger partial charge in [0.25, 0.3) is 0 Å². The highest BCUT2D eigenvalue weighted by Crippen LogP contribution is 2.24. The number of halogens is 2. The third kappa shape index (κ3) is 2.85. The lowest BCUT2D eigenvalue weighted by Crippen LogP contribution is -2.56. The molecule has 0 bridgehead atoms. The fourth-order valence-electron chi connectivity index (χ4n) is 1.96. The van der Waals surface area contributed by atoms with Gasteiger partial charge in [-0.3, -0.25) is 4.79 Å². The largest absolute Gasteiger partial charge is 0.480 e. The van der Waals surface area contributed by atoms with E-state index in [4.69, 9.17) is 5.11 Å². The summed E-state index contributed by atoms with van der Waals surface area (Å²) in [6.45, 7) is 0.395. The Bertz CT molecular complexity index is 637. The van der Waals surface area contributed by atoms with Crippen molar-refractivity contribution in [2.75, 3.05) is 19.6 Å². The number of rotatable bonds is 3. The second-order valence-corrected chi connectivity index (χ2v) is 6.99. The standard InChI is InChI=1S/C11H12BrFN2O4S/c12-8-2-1-7(5-9(8)13)20(18,19)15-4-3-14-6-10(15)11(16)17/h1-2,5,10,14H,3-4,6H2,(H,16,17). The summed E-state index contributed by atoms with van der Waals surface area (Å²) in [5, 5.41) is 11.9. The number of carbonyl (C=O) groups is 1. The Balaban J connectivity index is 2.42. The number of nitrogens with one attached hydrogen (secondary N) is 1. The van der Waals surface area contributed by atoms with Gasteiger partial charge in [-0.15, -0.1) is 0 Å². The number of hydrogen-bond donors (Lipinski definition) is 2. The molecule has 0 spiro atoms. The molecule has 1 aromatic carbocycles. The lowest BCUT2D eigenvalue weighted by Gasteiger charge is -2.32. The van der Waals surface area contributed by atoms with Crippen LogP contribution < -0.4 is 5.32 Å². The van der Waals surface area contributed by atoms with Crippen LogP contribution in [0.2, 0.25) is 0 Å². The molecule has 1 saturated heterocycles. The molecule has 1 aliphatic heterocycles. The molecule has 6 nitrogen and oxygen atoms in total. The summed E-state index contributed by atoms with van der Waals surface area (Å²) in [5.41, 5.74) is 0. The topological polar surface area (TPSA) is 86.7 Å². The Hall–Kier alpha value is -1.03. The molecule has 0 saturated carbocycles. The number of piperazine rings is 1. The number of carboxylic acid groups (broad SMARTS) is 1. The quantitative estimate of drug-likeness (QED) is 0.819. The molecule has 2 N–H and O–H groups in total. The molecule has 0 aromatic heterocycles. The summed E-state index contributed by atoms with van der Waals surface area (Å²) in [6, 6.07) is 2.20. The van der Waals surface area contributed by atoms with Crippen molar-refractivity contribution in [3.63, 3.8) is 0 Å². The van der Waals surface area contributed by atoms with Crippen molar-refractivity contribution in [1.29, 1.82) is 0 Å². The number of benzene rings is 1. The zero-order valence-electron chi connectivity index (χ0n) is 10.2. The molecular weight excluding hydrogens is 355 g/mol. The van der Waals surface area contributed by atoms with Gasteiger partial charge in [-0.2, -0.15) is 4.31 Å². The van der Waals surface area contributed by atoms with Crippen LogP contribution in [0.25, 0.3) is 0 Å². The number of carboxylic acids is 1. The summed E-state index contributed by atoms with van der Waals surface area (Å²) in [6.07, 6.45) is 0. The first-order chi connectivity index (χ1) is 9.34. The Kier molecular flexibility index (Phi) is 4.43. The lowest BCUT2D eigenvalue weighted by atomic mass is 10.2.